The molecule has 1 heterocycles. The average Bonchev–Trinajstić information content (AvgIpc) is 2.81. The van der Waals surface area contributed by atoms with E-state index in [1.807, 2.05) is 0 Å². The molecule has 1 aromatic heterocycles. The fraction of sp³-hybridized carbons (Fsp3) is 0.0833. The normalized spacial score (nSPS) is 11.5. The van der Waals surface area contributed by atoms with Crippen LogP contribution in [0.2, 0.25) is 0 Å². The number of carboxylic acid groups (broad SMARTS) is 1. The van der Waals surface area contributed by atoms with E-state index in [0.29, 0.717) is 5.56 Å². The Kier molecular flexibility index (Phi) is 4.77. The Balaban J connectivity index is 2.18. The maximum atomic E-state index is 12.8. The quantitative estimate of drug-likeness (QED) is 0.817. The predicted octanol–water partition coefficient (Wildman–Crippen LogP) is 2.83. The SMILES string of the molecule is O=C(O)c1cc(S(=O)(=O)NCc2ccc(F)cc2)c(Br)s1. The van der Waals surface area contributed by atoms with Crippen molar-refractivity contribution in [2.45, 2.75) is 11.4 Å². The van der Waals surface area contributed by atoms with Crippen LogP contribution in [-0.4, -0.2) is 19.5 Å². The smallest absolute Gasteiger partial charge is 0.345 e. The zero-order valence-corrected chi connectivity index (χ0v) is 13.6. The lowest BCUT2D eigenvalue weighted by molar-refractivity contribution is 0.0702. The molecule has 0 aliphatic heterocycles. The van der Waals surface area contributed by atoms with Gasteiger partial charge in [-0.15, -0.1) is 11.3 Å². The number of hydrogen-bond acceptors (Lipinski definition) is 4. The van der Waals surface area contributed by atoms with Crippen molar-refractivity contribution in [3.05, 3.63) is 50.4 Å². The Morgan fingerprint density at radius 3 is 2.48 bits per heavy atom. The lowest BCUT2D eigenvalue weighted by Gasteiger charge is -2.05. The third kappa shape index (κ3) is 3.88. The van der Waals surface area contributed by atoms with Crippen molar-refractivity contribution in [2.75, 3.05) is 0 Å². The van der Waals surface area contributed by atoms with Gasteiger partial charge >= 0.3 is 5.97 Å². The van der Waals surface area contributed by atoms with Crippen LogP contribution in [0.1, 0.15) is 15.2 Å². The summed E-state index contributed by atoms with van der Waals surface area (Å²) < 4.78 is 39.6. The van der Waals surface area contributed by atoms with E-state index in [1.54, 1.807) is 0 Å². The van der Waals surface area contributed by atoms with Gasteiger partial charge in [0.2, 0.25) is 10.0 Å². The molecule has 0 spiro atoms. The lowest BCUT2D eigenvalue weighted by atomic mass is 10.2. The van der Waals surface area contributed by atoms with Crippen molar-refractivity contribution in [1.82, 2.24) is 4.72 Å². The van der Waals surface area contributed by atoms with Crippen LogP contribution in [0.3, 0.4) is 0 Å². The molecule has 2 aromatic rings. The number of thiophene rings is 1. The van der Waals surface area contributed by atoms with Crippen molar-refractivity contribution in [3.8, 4) is 0 Å². The molecule has 2 rings (SSSR count). The van der Waals surface area contributed by atoms with Gasteiger partial charge in [0, 0.05) is 6.54 Å². The monoisotopic (exact) mass is 393 g/mol. The maximum absolute atomic E-state index is 12.8. The molecular weight excluding hydrogens is 385 g/mol. The summed E-state index contributed by atoms with van der Waals surface area (Å²) in [5, 5.41) is 8.86. The molecule has 21 heavy (non-hydrogen) atoms. The Labute approximate surface area is 132 Å². The summed E-state index contributed by atoms with van der Waals surface area (Å²) in [4.78, 5) is 10.6. The van der Waals surface area contributed by atoms with E-state index in [2.05, 4.69) is 20.7 Å². The van der Waals surface area contributed by atoms with Crippen LogP contribution in [-0.2, 0) is 16.6 Å². The molecule has 112 valence electrons. The number of benzene rings is 1. The number of hydrogen-bond donors (Lipinski definition) is 2. The average molecular weight is 394 g/mol. The zero-order valence-electron chi connectivity index (χ0n) is 10.3. The Morgan fingerprint density at radius 1 is 1.33 bits per heavy atom. The summed E-state index contributed by atoms with van der Waals surface area (Å²) in [6.07, 6.45) is 0. The van der Waals surface area contributed by atoms with Crippen LogP contribution in [0.15, 0.2) is 39.0 Å². The summed E-state index contributed by atoms with van der Waals surface area (Å²) in [6, 6.07) is 6.47. The van der Waals surface area contributed by atoms with E-state index < -0.39 is 21.8 Å². The summed E-state index contributed by atoms with van der Waals surface area (Å²) >= 11 is 3.86. The van der Waals surface area contributed by atoms with Gasteiger partial charge in [-0.3, -0.25) is 0 Å². The first-order chi connectivity index (χ1) is 9.79. The van der Waals surface area contributed by atoms with E-state index in [-0.39, 0.29) is 20.1 Å². The van der Waals surface area contributed by atoms with Gasteiger partial charge in [0.05, 0.1) is 3.79 Å². The fourth-order valence-corrected chi connectivity index (χ4v) is 4.92. The molecule has 0 bridgehead atoms. The molecule has 0 amide bonds. The van der Waals surface area contributed by atoms with Gasteiger partial charge in [-0.1, -0.05) is 12.1 Å². The van der Waals surface area contributed by atoms with Gasteiger partial charge in [-0.2, -0.15) is 0 Å². The molecule has 0 unspecified atom stereocenters. The first-order valence-electron chi connectivity index (χ1n) is 5.56. The standard InChI is InChI=1S/C12H9BrFNO4S2/c13-11-10(5-9(20-11)12(16)17)21(18,19)15-6-7-1-3-8(14)4-2-7/h1-5,15H,6H2,(H,16,17). The molecule has 5 nitrogen and oxygen atoms in total. The Hall–Kier alpha value is -1.29. The molecule has 0 saturated heterocycles. The number of carbonyl (C=O) groups is 1. The number of rotatable bonds is 5. The molecule has 0 aliphatic carbocycles. The Bertz CT molecular complexity index is 771. The summed E-state index contributed by atoms with van der Waals surface area (Å²) in [5.41, 5.74) is 0.588. The van der Waals surface area contributed by atoms with Gasteiger partial charge in [0.25, 0.3) is 0 Å². The highest BCUT2D eigenvalue weighted by Crippen LogP contribution is 2.31. The molecule has 0 saturated carbocycles. The molecule has 0 atom stereocenters. The number of halogens is 2. The summed E-state index contributed by atoms with van der Waals surface area (Å²) in [6.45, 7) is -0.0205. The van der Waals surface area contributed by atoms with Crippen molar-refractivity contribution in [1.29, 1.82) is 0 Å². The minimum Gasteiger partial charge on any atom is -0.477 e. The molecule has 0 fully saturated rings. The van der Waals surface area contributed by atoms with Gasteiger partial charge in [0.15, 0.2) is 0 Å². The third-order valence-electron chi connectivity index (χ3n) is 2.54. The van der Waals surface area contributed by atoms with Gasteiger partial charge in [-0.05, 0) is 39.7 Å². The predicted molar refractivity (Wildman–Crippen MR) is 79.4 cm³/mol. The van der Waals surface area contributed by atoms with E-state index in [0.717, 1.165) is 17.4 Å². The largest absolute Gasteiger partial charge is 0.477 e. The van der Waals surface area contributed by atoms with E-state index in [9.17, 15) is 17.6 Å². The fourth-order valence-electron chi connectivity index (χ4n) is 1.50. The van der Waals surface area contributed by atoms with Crippen molar-refractivity contribution >= 4 is 43.3 Å². The first-order valence-corrected chi connectivity index (χ1v) is 8.65. The topological polar surface area (TPSA) is 83.5 Å². The van der Waals surface area contributed by atoms with Gasteiger partial charge in [0.1, 0.15) is 15.6 Å². The van der Waals surface area contributed by atoms with E-state index in [4.69, 9.17) is 5.11 Å². The number of sulfonamides is 1. The van der Waals surface area contributed by atoms with Gasteiger partial charge < -0.3 is 5.11 Å². The number of nitrogens with one attached hydrogen (secondary N) is 1. The van der Waals surface area contributed by atoms with E-state index >= 15 is 0 Å². The van der Waals surface area contributed by atoms with Crippen LogP contribution < -0.4 is 4.72 Å². The van der Waals surface area contributed by atoms with Crippen LogP contribution >= 0.6 is 27.3 Å². The van der Waals surface area contributed by atoms with E-state index in [1.165, 1.54) is 24.3 Å². The minimum atomic E-state index is -3.86. The van der Waals surface area contributed by atoms with Gasteiger partial charge in [-0.25, -0.2) is 22.3 Å². The van der Waals surface area contributed by atoms with Crippen LogP contribution in [0.4, 0.5) is 4.39 Å². The molecular formula is C12H9BrFNO4S2. The second-order valence-corrected chi connectivity index (χ2v) is 8.11. The van der Waals surface area contributed by atoms with Crippen LogP contribution in [0.5, 0.6) is 0 Å². The summed E-state index contributed by atoms with van der Waals surface area (Å²) in [5.74, 6) is -1.60. The molecule has 1 aromatic carbocycles. The minimum absolute atomic E-state index is 0.0205. The van der Waals surface area contributed by atoms with Crippen molar-refractivity contribution in [3.63, 3.8) is 0 Å². The van der Waals surface area contributed by atoms with Crippen molar-refractivity contribution in [2.24, 2.45) is 0 Å². The number of aromatic carboxylic acids is 1. The molecule has 0 radical (unpaired) electrons. The third-order valence-corrected chi connectivity index (χ3v) is 6.18. The second-order valence-electron chi connectivity index (χ2n) is 4.00. The lowest BCUT2D eigenvalue weighted by Crippen LogP contribution is -2.23. The van der Waals surface area contributed by atoms with Crippen LogP contribution in [0.25, 0.3) is 0 Å². The maximum Gasteiger partial charge on any atom is 0.345 e. The Morgan fingerprint density at radius 2 is 1.95 bits per heavy atom. The van der Waals surface area contributed by atoms with Crippen molar-refractivity contribution < 1.29 is 22.7 Å². The molecule has 0 aliphatic rings. The molecule has 2 N–H and O–H groups in total. The van der Waals surface area contributed by atoms with Crippen LogP contribution in [0, 0.1) is 5.82 Å². The summed E-state index contributed by atoms with van der Waals surface area (Å²) in [7, 11) is -3.86. The first kappa shape index (κ1) is 16.1. The highest BCUT2D eigenvalue weighted by atomic mass is 79.9. The second kappa shape index (κ2) is 6.22. The highest BCUT2D eigenvalue weighted by molar-refractivity contribution is 9.11. The highest BCUT2D eigenvalue weighted by Gasteiger charge is 2.22. The zero-order chi connectivity index (χ0) is 15.6. The number of carboxylic acids is 1. The molecule has 9 heteroatoms.